The lowest BCUT2D eigenvalue weighted by molar-refractivity contribution is -0.120. The predicted molar refractivity (Wildman–Crippen MR) is 64.3 cm³/mol. The second-order valence-corrected chi connectivity index (χ2v) is 4.78. The van der Waals surface area contributed by atoms with Gasteiger partial charge in [0.1, 0.15) is 4.88 Å². The molecule has 0 aliphatic carbocycles. The van der Waals surface area contributed by atoms with Crippen LogP contribution in [-0.4, -0.2) is 47.4 Å². The molecule has 8 heteroatoms. The summed E-state index contributed by atoms with van der Waals surface area (Å²) < 4.78 is 0. The molecule has 0 aromatic carbocycles. The van der Waals surface area contributed by atoms with Crippen LogP contribution in [0.2, 0.25) is 0 Å². The third-order valence-electron chi connectivity index (χ3n) is 2.45. The van der Waals surface area contributed by atoms with Crippen molar-refractivity contribution in [3.05, 3.63) is 10.6 Å². The minimum Gasteiger partial charge on any atom is -0.476 e. The lowest BCUT2D eigenvalue weighted by atomic mass is 10.3. The average molecular weight is 269 g/mol. The summed E-state index contributed by atoms with van der Waals surface area (Å²) in [5.41, 5.74) is -0.242. The number of nitrogens with zero attached hydrogens (tertiary/aromatic N) is 2. The number of hydrogen-bond acceptors (Lipinski definition) is 6. The quantitative estimate of drug-likeness (QED) is 0.748. The average Bonchev–Trinajstić information content (AvgIpc) is 2.73. The Bertz CT molecular complexity index is 494. The van der Waals surface area contributed by atoms with Gasteiger partial charge in [-0.3, -0.25) is 9.59 Å². The zero-order chi connectivity index (χ0) is 13.3. The molecule has 1 fully saturated rings. The number of hydrogen-bond donors (Lipinski definition) is 2. The highest BCUT2D eigenvalue weighted by Crippen LogP contribution is 2.27. The van der Waals surface area contributed by atoms with Crippen LogP contribution in [0.3, 0.4) is 0 Å². The number of piperazine rings is 1. The first-order valence-corrected chi connectivity index (χ1v) is 6.07. The smallest absolute Gasteiger partial charge is 0.356 e. The number of carbonyl (C=O) groups excluding carboxylic acids is 2. The van der Waals surface area contributed by atoms with E-state index in [-0.39, 0.29) is 28.8 Å². The summed E-state index contributed by atoms with van der Waals surface area (Å²) in [5.74, 6) is -1.71. The van der Waals surface area contributed by atoms with Gasteiger partial charge in [-0.25, -0.2) is 9.78 Å². The van der Waals surface area contributed by atoms with Crippen molar-refractivity contribution in [1.29, 1.82) is 0 Å². The van der Waals surface area contributed by atoms with Crippen molar-refractivity contribution in [1.82, 2.24) is 10.3 Å². The molecule has 1 aliphatic rings. The number of ketones is 1. The molecule has 0 atom stereocenters. The minimum atomic E-state index is -1.23. The van der Waals surface area contributed by atoms with Gasteiger partial charge in [0.05, 0.1) is 6.54 Å². The fourth-order valence-electron chi connectivity index (χ4n) is 1.63. The number of Topliss-reactive ketones (excluding diaryl/α,β-unsaturated/α-hetero) is 1. The molecule has 7 nitrogen and oxygen atoms in total. The van der Waals surface area contributed by atoms with Gasteiger partial charge in [0.15, 0.2) is 16.6 Å². The highest BCUT2D eigenvalue weighted by atomic mass is 32.1. The van der Waals surface area contributed by atoms with Crippen molar-refractivity contribution in [3.8, 4) is 0 Å². The first kappa shape index (κ1) is 12.5. The molecule has 1 amide bonds. The summed E-state index contributed by atoms with van der Waals surface area (Å²) in [7, 11) is 0. The van der Waals surface area contributed by atoms with Gasteiger partial charge in [-0.2, -0.15) is 0 Å². The van der Waals surface area contributed by atoms with Crippen molar-refractivity contribution in [2.75, 3.05) is 24.5 Å². The molecule has 2 N–H and O–H groups in total. The molecule has 18 heavy (non-hydrogen) atoms. The molecule has 2 heterocycles. The Morgan fingerprint density at radius 2 is 2.22 bits per heavy atom. The largest absolute Gasteiger partial charge is 0.476 e. The van der Waals surface area contributed by atoms with Crippen LogP contribution in [0.1, 0.15) is 27.1 Å². The van der Waals surface area contributed by atoms with E-state index in [4.69, 9.17) is 5.11 Å². The number of aromatic carboxylic acids is 1. The Balaban J connectivity index is 2.34. The maximum absolute atomic E-state index is 11.3. The summed E-state index contributed by atoms with van der Waals surface area (Å²) in [6.07, 6.45) is 0. The lowest BCUT2D eigenvalue weighted by Gasteiger charge is -2.25. The standard InChI is InChI=1S/C10H11N3O4S/c1-5(14)8-7(9(16)17)12-10(18-8)13-3-2-11-6(15)4-13/h2-4H2,1H3,(H,11,15)(H,16,17). The Kier molecular flexibility index (Phi) is 3.28. The van der Waals surface area contributed by atoms with Crippen molar-refractivity contribution in [2.45, 2.75) is 6.92 Å². The zero-order valence-electron chi connectivity index (χ0n) is 9.60. The molecule has 2 rings (SSSR count). The van der Waals surface area contributed by atoms with E-state index in [0.717, 1.165) is 11.3 Å². The van der Waals surface area contributed by atoms with E-state index in [2.05, 4.69) is 10.3 Å². The molecule has 1 aromatic heterocycles. The van der Waals surface area contributed by atoms with Gasteiger partial charge in [0, 0.05) is 20.0 Å². The first-order valence-electron chi connectivity index (χ1n) is 5.25. The molecule has 0 radical (unpaired) electrons. The van der Waals surface area contributed by atoms with E-state index in [1.807, 2.05) is 0 Å². The molecule has 1 saturated heterocycles. The molecule has 1 aromatic rings. The summed E-state index contributed by atoms with van der Waals surface area (Å²) in [5, 5.41) is 12.0. The fraction of sp³-hybridized carbons (Fsp3) is 0.400. The Labute approximate surface area is 106 Å². The number of anilines is 1. The molecule has 1 aliphatic heterocycles. The lowest BCUT2D eigenvalue weighted by Crippen LogP contribution is -2.47. The molecule has 96 valence electrons. The molecular formula is C10H11N3O4S. The third-order valence-corrected chi connectivity index (χ3v) is 3.66. The Morgan fingerprint density at radius 3 is 2.72 bits per heavy atom. The van der Waals surface area contributed by atoms with E-state index in [0.29, 0.717) is 18.2 Å². The van der Waals surface area contributed by atoms with Crippen molar-refractivity contribution >= 4 is 34.1 Å². The normalized spacial score (nSPS) is 15.4. The van der Waals surface area contributed by atoms with Crippen LogP contribution in [-0.2, 0) is 4.79 Å². The van der Waals surface area contributed by atoms with Gasteiger partial charge in [-0.1, -0.05) is 11.3 Å². The highest BCUT2D eigenvalue weighted by molar-refractivity contribution is 7.17. The number of carboxylic acid groups (broad SMARTS) is 1. The van der Waals surface area contributed by atoms with E-state index < -0.39 is 5.97 Å². The number of carbonyl (C=O) groups is 3. The van der Waals surface area contributed by atoms with E-state index >= 15 is 0 Å². The summed E-state index contributed by atoms with van der Waals surface area (Å²) >= 11 is 1.01. The van der Waals surface area contributed by atoms with Crippen LogP contribution in [0.4, 0.5) is 5.13 Å². The molecular weight excluding hydrogens is 258 g/mol. The third kappa shape index (κ3) is 2.33. The number of nitrogens with one attached hydrogen (secondary N) is 1. The zero-order valence-corrected chi connectivity index (χ0v) is 10.4. The van der Waals surface area contributed by atoms with Gasteiger partial charge in [0.2, 0.25) is 5.91 Å². The van der Waals surface area contributed by atoms with Gasteiger partial charge < -0.3 is 15.3 Å². The van der Waals surface area contributed by atoms with E-state index in [9.17, 15) is 14.4 Å². The number of amides is 1. The van der Waals surface area contributed by atoms with Crippen molar-refractivity contribution < 1.29 is 19.5 Å². The number of carboxylic acids is 1. The van der Waals surface area contributed by atoms with Crippen LogP contribution >= 0.6 is 11.3 Å². The van der Waals surface area contributed by atoms with Crippen LogP contribution in [0.5, 0.6) is 0 Å². The highest BCUT2D eigenvalue weighted by Gasteiger charge is 2.25. The second-order valence-electron chi connectivity index (χ2n) is 3.81. The first-order chi connectivity index (χ1) is 8.49. The van der Waals surface area contributed by atoms with Crippen LogP contribution < -0.4 is 10.2 Å². The maximum Gasteiger partial charge on any atom is 0.356 e. The van der Waals surface area contributed by atoms with Gasteiger partial charge in [-0.05, 0) is 0 Å². The number of aromatic nitrogens is 1. The summed E-state index contributed by atoms with van der Waals surface area (Å²) in [6, 6.07) is 0. The summed E-state index contributed by atoms with van der Waals surface area (Å²) in [6.45, 7) is 2.46. The topological polar surface area (TPSA) is 99.6 Å². The van der Waals surface area contributed by atoms with E-state index in [1.54, 1.807) is 4.90 Å². The predicted octanol–water partition coefficient (Wildman–Crippen LogP) is -0.0199. The van der Waals surface area contributed by atoms with Crippen molar-refractivity contribution in [3.63, 3.8) is 0 Å². The van der Waals surface area contributed by atoms with Crippen LogP contribution in [0.15, 0.2) is 0 Å². The van der Waals surface area contributed by atoms with Crippen LogP contribution in [0.25, 0.3) is 0 Å². The van der Waals surface area contributed by atoms with E-state index in [1.165, 1.54) is 6.92 Å². The number of rotatable bonds is 3. The Morgan fingerprint density at radius 1 is 1.50 bits per heavy atom. The summed E-state index contributed by atoms with van der Waals surface area (Å²) in [4.78, 5) is 39.3. The maximum atomic E-state index is 11.3. The number of thiazole rings is 1. The fourth-order valence-corrected chi connectivity index (χ4v) is 2.61. The van der Waals surface area contributed by atoms with Gasteiger partial charge >= 0.3 is 5.97 Å². The molecule has 0 bridgehead atoms. The minimum absolute atomic E-state index is 0.114. The molecule has 0 saturated carbocycles. The van der Waals surface area contributed by atoms with Crippen LogP contribution in [0, 0.1) is 0 Å². The SMILES string of the molecule is CC(=O)c1sc(N2CCNC(=O)C2)nc1C(=O)O. The monoisotopic (exact) mass is 269 g/mol. The van der Waals surface area contributed by atoms with Crippen molar-refractivity contribution in [2.24, 2.45) is 0 Å². The Hall–Kier alpha value is -1.96. The molecule has 0 unspecified atom stereocenters. The van der Waals surface area contributed by atoms with Gasteiger partial charge in [0.25, 0.3) is 0 Å². The molecule has 0 spiro atoms. The second kappa shape index (κ2) is 4.73. The van der Waals surface area contributed by atoms with Gasteiger partial charge in [-0.15, -0.1) is 0 Å².